The predicted molar refractivity (Wildman–Crippen MR) is 110 cm³/mol. The quantitative estimate of drug-likeness (QED) is 0.0975. The number of hydrogen-bond acceptors (Lipinski definition) is 3. The zero-order chi connectivity index (χ0) is 19.3. The predicted octanol–water partition coefficient (Wildman–Crippen LogP) is 7.39. The van der Waals surface area contributed by atoms with Crippen molar-refractivity contribution >= 4 is 6.29 Å². The fourth-order valence-electron chi connectivity index (χ4n) is 3.23. The maximum Gasteiger partial charge on any atom is 0.242 e. The molecule has 0 bridgehead atoms. The van der Waals surface area contributed by atoms with E-state index in [1.165, 1.54) is 70.6 Å². The Morgan fingerprint density at radius 1 is 0.731 bits per heavy atom. The highest BCUT2D eigenvalue weighted by Crippen LogP contribution is 2.15. The first-order chi connectivity index (χ1) is 12.7. The molecule has 0 saturated carbocycles. The smallest absolute Gasteiger partial charge is 0.242 e. The van der Waals surface area contributed by atoms with Crippen LogP contribution in [0.1, 0.15) is 122 Å². The van der Waals surface area contributed by atoms with Crippen molar-refractivity contribution in [3.05, 3.63) is 21.9 Å². The fourth-order valence-corrected chi connectivity index (χ4v) is 3.23. The molecule has 0 unspecified atom stereocenters. The van der Waals surface area contributed by atoms with Crippen molar-refractivity contribution in [2.24, 2.45) is 0 Å². The minimum atomic E-state index is -0.184. The Hall–Kier alpha value is -1.19. The SMILES string of the molecule is CCCCCCCC/C(=C/CCCCCCCCCCCC=O)[N+](=O)[O-]. The Morgan fingerprint density at radius 3 is 1.69 bits per heavy atom. The van der Waals surface area contributed by atoms with Crippen molar-refractivity contribution in [2.45, 2.75) is 122 Å². The van der Waals surface area contributed by atoms with Crippen LogP contribution in [0.2, 0.25) is 0 Å². The molecule has 0 aromatic heterocycles. The molecule has 152 valence electrons. The lowest BCUT2D eigenvalue weighted by atomic mass is 10.0. The van der Waals surface area contributed by atoms with Crippen LogP contribution in [0.3, 0.4) is 0 Å². The zero-order valence-corrected chi connectivity index (χ0v) is 17.1. The van der Waals surface area contributed by atoms with Gasteiger partial charge in [-0.1, -0.05) is 84.0 Å². The van der Waals surface area contributed by atoms with Crippen LogP contribution in [0.4, 0.5) is 0 Å². The molecule has 0 spiro atoms. The third-order valence-corrected chi connectivity index (χ3v) is 4.93. The first kappa shape index (κ1) is 24.8. The van der Waals surface area contributed by atoms with Gasteiger partial charge in [0.1, 0.15) is 6.29 Å². The standard InChI is InChI=1S/C22H41NO3/c1-2-3-4-5-13-16-19-22(23(25)26)20-17-14-11-9-7-6-8-10-12-15-18-21-24/h20-21H,2-19H2,1H3/b22-20-. The maximum absolute atomic E-state index is 11.1. The molecule has 0 rings (SSSR count). The molecule has 0 amide bonds. The number of carbonyl (C=O) groups is 1. The van der Waals surface area contributed by atoms with Crippen molar-refractivity contribution in [1.29, 1.82) is 0 Å². The maximum atomic E-state index is 11.1. The summed E-state index contributed by atoms with van der Waals surface area (Å²) in [6, 6.07) is 0. The third kappa shape index (κ3) is 17.6. The molecule has 4 heteroatoms. The molecular formula is C22H41NO3. The third-order valence-electron chi connectivity index (χ3n) is 4.93. The monoisotopic (exact) mass is 367 g/mol. The molecule has 0 N–H and O–H groups in total. The van der Waals surface area contributed by atoms with Gasteiger partial charge < -0.3 is 4.79 Å². The van der Waals surface area contributed by atoms with Gasteiger partial charge in [-0.2, -0.15) is 0 Å². The molecule has 0 aromatic rings. The van der Waals surface area contributed by atoms with Crippen molar-refractivity contribution in [2.75, 3.05) is 0 Å². The molecule has 4 nitrogen and oxygen atoms in total. The molecule has 0 saturated heterocycles. The zero-order valence-electron chi connectivity index (χ0n) is 17.1. The van der Waals surface area contributed by atoms with Crippen molar-refractivity contribution in [1.82, 2.24) is 0 Å². The van der Waals surface area contributed by atoms with E-state index in [-0.39, 0.29) is 4.92 Å². The van der Waals surface area contributed by atoms with E-state index in [0.29, 0.717) is 18.5 Å². The van der Waals surface area contributed by atoms with E-state index in [0.717, 1.165) is 38.4 Å². The average Bonchev–Trinajstić information content (AvgIpc) is 2.63. The second-order valence-corrected chi connectivity index (χ2v) is 7.40. The Bertz CT molecular complexity index is 366. The van der Waals surface area contributed by atoms with E-state index >= 15 is 0 Å². The van der Waals surface area contributed by atoms with Gasteiger partial charge in [0.2, 0.25) is 5.70 Å². The number of hydrogen-bond donors (Lipinski definition) is 0. The molecule has 26 heavy (non-hydrogen) atoms. The normalized spacial score (nSPS) is 11.7. The van der Waals surface area contributed by atoms with Crippen LogP contribution < -0.4 is 0 Å². The topological polar surface area (TPSA) is 60.2 Å². The number of allylic oxidation sites excluding steroid dienone is 2. The second-order valence-electron chi connectivity index (χ2n) is 7.40. The first-order valence-corrected chi connectivity index (χ1v) is 11.0. The van der Waals surface area contributed by atoms with Gasteiger partial charge in [-0.05, 0) is 31.8 Å². The van der Waals surface area contributed by atoms with Crippen LogP contribution in [-0.4, -0.2) is 11.2 Å². The van der Waals surface area contributed by atoms with Crippen LogP contribution in [0.15, 0.2) is 11.8 Å². The summed E-state index contributed by atoms with van der Waals surface area (Å²) in [6.45, 7) is 2.20. The van der Waals surface area contributed by atoms with E-state index in [9.17, 15) is 14.9 Å². The molecular weight excluding hydrogens is 326 g/mol. The lowest BCUT2D eigenvalue weighted by molar-refractivity contribution is -0.428. The van der Waals surface area contributed by atoms with Crippen molar-refractivity contribution in [3.63, 3.8) is 0 Å². The van der Waals surface area contributed by atoms with Gasteiger partial charge >= 0.3 is 0 Å². The van der Waals surface area contributed by atoms with Crippen LogP contribution in [0, 0.1) is 10.1 Å². The van der Waals surface area contributed by atoms with Gasteiger partial charge in [0, 0.05) is 12.8 Å². The van der Waals surface area contributed by atoms with Gasteiger partial charge in [0.15, 0.2) is 0 Å². The van der Waals surface area contributed by atoms with Crippen molar-refractivity contribution < 1.29 is 9.72 Å². The van der Waals surface area contributed by atoms with Crippen LogP contribution in [-0.2, 0) is 4.79 Å². The van der Waals surface area contributed by atoms with E-state index in [2.05, 4.69) is 6.92 Å². The fraction of sp³-hybridized carbons (Fsp3) is 0.864. The Kier molecular flexibility index (Phi) is 19.2. The first-order valence-electron chi connectivity index (χ1n) is 11.0. The van der Waals surface area contributed by atoms with Crippen molar-refractivity contribution in [3.8, 4) is 0 Å². The number of nitrogens with zero attached hydrogens (tertiary/aromatic N) is 1. The van der Waals surface area contributed by atoms with Gasteiger partial charge in [0.25, 0.3) is 0 Å². The summed E-state index contributed by atoms with van der Waals surface area (Å²) in [5.74, 6) is 0. The molecule has 0 aliphatic carbocycles. The Morgan fingerprint density at radius 2 is 1.19 bits per heavy atom. The van der Waals surface area contributed by atoms with Gasteiger partial charge in [-0.15, -0.1) is 0 Å². The number of unbranched alkanes of at least 4 members (excludes halogenated alkanes) is 15. The summed E-state index contributed by atoms with van der Waals surface area (Å²) in [5, 5.41) is 11.1. The van der Waals surface area contributed by atoms with E-state index < -0.39 is 0 Å². The van der Waals surface area contributed by atoms with Gasteiger partial charge in [0.05, 0.1) is 4.92 Å². The summed E-state index contributed by atoms with van der Waals surface area (Å²) < 4.78 is 0. The van der Waals surface area contributed by atoms with Gasteiger partial charge in [-0.3, -0.25) is 10.1 Å². The summed E-state index contributed by atoms with van der Waals surface area (Å²) in [5.41, 5.74) is 0.427. The van der Waals surface area contributed by atoms with Gasteiger partial charge in [-0.25, -0.2) is 0 Å². The Labute approximate surface area is 161 Å². The minimum Gasteiger partial charge on any atom is -0.303 e. The highest BCUT2D eigenvalue weighted by Gasteiger charge is 2.09. The number of carbonyl (C=O) groups excluding carboxylic acids is 1. The molecule has 0 atom stereocenters. The largest absolute Gasteiger partial charge is 0.303 e. The average molecular weight is 368 g/mol. The second kappa shape index (κ2) is 20.1. The highest BCUT2D eigenvalue weighted by molar-refractivity contribution is 5.48. The number of rotatable bonds is 20. The number of aldehydes is 1. The minimum absolute atomic E-state index is 0.184. The molecule has 0 heterocycles. The van der Waals surface area contributed by atoms with Crippen LogP contribution >= 0.6 is 0 Å². The summed E-state index contributed by atoms with van der Waals surface area (Å²) in [4.78, 5) is 21.1. The number of nitro groups is 1. The van der Waals surface area contributed by atoms with Crippen LogP contribution in [0.5, 0.6) is 0 Å². The van der Waals surface area contributed by atoms with Crippen LogP contribution in [0.25, 0.3) is 0 Å². The summed E-state index contributed by atoms with van der Waals surface area (Å²) in [6.07, 6.45) is 22.8. The lowest BCUT2D eigenvalue weighted by Gasteiger charge is -2.02. The van der Waals surface area contributed by atoms with E-state index in [1.54, 1.807) is 0 Å². The molecule has 0 aromatic carbocycles. The lowest BCUT2D eigenvalue weighted by Crippen LogP contribution is -1.99. The highest BCUT2D eigenvalue weighted by atomic mass is 16.6. The molecule has 0 aliphatic heterocycles. The molecule has 0 radical (unpaired) electrons. The summed E-state index contributed by atoms with van der Waals surface area (Å²) >= 11 is 0. The summed E-state index contributed by atoms with van der Waals surface area (Å²) in [7, 11) is 0. The van der Waals surface area contributed by atoms with E-state index in [1.807, 2.05) is 6.08 Å². The van der Waals surface area contributed by atoms with E-state index in [4.69, 9.17) is 0 Å². The molecule has 0 aliphatic rings. The molecule has 0 fully saturated rings. The Balaban J connectivity index is 3.56.